The molecule has 2 aliphatic heterocycles. The van der Waals surface area contributed by atoms with E-state index in [0.29, 0.717) is 12.5 Å². The summed E-state index contributed by atoms with van der Waals surface area (Å²) in [4.78, 5) is 14.1. The normalized spacial score (nSPS) is 20.1. The predicted octanol–water partition coefficient (Wildman–Crippen LogP) is 6.01. The molecule has 3 heterocycles. The fraction of sp³-hybridized carbons (Fsp3) is 0.704. The van der Waals surface area contributed by atoms with Gasteiger partial charge >= 0.3 is 6.09 Å². The molecule has 2 fully saturated rings. The molecule has 188 valence electrons. The van der Waals surface area contributed by atoms with Gasteiger partial charge in [0.15, 0.2) is 11.9 Å². The van der Waals surface area contributed by atoms with Crippen molar-refractivity contribution < 1.29 is 23.5 Å². The van der Waals surface area contributed by atoms with Crippen LogP contribution in [0.3, 0.4) is 0 Å². The SMILES string of the molecule is CCc1ccc2c(CCC3CCN(C(=O)OC(C)(C)C)CC3)noc2c1COC1CCCCO1. The highest BCUT2D eigenvalue weighted by Gasteiger charge is 2.27. The number of hydrogen-bond donors (Lipinski definition) is 0. The third-order valence-electron chi connectivity index (χ3n) is 6.90. The molecule has 0 radical (unpaired) electrons. The first-order chi connectivity index (χ1) is 16.3. The molecule has 1 amide bonds. The molecule has 1 unspecified atom stereocenters. The van der Waals surface area contributed by atoms with E-state index in [4.69, 9.17) is 18.7 Å². The quantitative estimate of drug-likeness (QED) is 0.491. The number of nitrogens with zero attached hydrogens (tertiary/aromatic N) is 2. The van der Waals surface area contributed by atoms with Gasteiger partial charge in [-0.2, -0.15) is 0 Å². The van der Waals surface area contributed by atoms with E-state index < -0.39 is 5.60 Å². The molecule has 2 aromatic rings. The maximum absolute atomic E-state index is 12.3. The molecule has 0 bridgehead atoms. The maximum Gasteiger partial charge on any atom is 0.410 e. The van der Waals surface area contributed by atoms with Crippen molar-refractivity contribution in [2.75, 3.05) is 19.7 Å². The Kier molecular flexibility index (Phi) is 8.14. The lowest BCUT2D eigenvalue weighted by molar-refractivity contribution is -0.168. The first kappa shape index (κ1) is 25.0. The monoisotopic (exact) mass is 472 g/mol. The van der Waals surface area contributed by atoms with Crippen molar-refractivity contribution in [2.45, 2.75) is 97.6 Å². The number of fused-ring (bicyclic) bond motifs is 1. The number of hydrogen-bond acceptors (Lipinski definition) is 6. The minimum Gasteiger partial charge on any atom is -0.444 e. The average molecular weight is 473 g/mol. The molecule has 4 rings (SSSR count). The highest BCUT2D eigenvalue weighted by atomic mass is 16.7. The van der Waals surface area contributed by atoms with E-state index in [1.165, 1.54) is 5.56 Å². The van der Waals surface area contributed by atoms with Gasteiger partial charge in [0, 0.05) is 30.6 Å². The van der Waals surface area contributed by atoms with Gasteiger partial charge in [-0.15, -0.1) is 0 Å². The zero-order valence-corrected chi connectivity index (χ0v) is 21.2. The van der Waals surface area contributed by atoms with E-state index in [1.54, 1.807) is 0 Å². The molecule has 7 nitrogen and oxygen atoms in total. The van der Waals surface area contributed by atoms with Crippen LogP contribution in [0.5, 0.6) is 0 Å². The molecule has 2 aliphatic rings. The van der Waals surface area contributed by atoms with Crippen LogP contribution in [0.25, 0.3) is 11.0 Å². The molecule has 34 heavy (non-hydrogen) atoms. The molecule has 1 aromatic heterocycles. The molecule has 0 N–H and O–H groups in total. The first-order valence-corrected chi connectivity index (χ1v) is 12.9. The van der Waals surface area contributed by atoms with Gasteiger partial charge in [0.05, 0.1) is 12.3 Å². The Balaban J connectivity index is 1.34. The van der Waals surface area contributed by atoms with E-state index >= 15 is 0 Å². The molecule has 0 saturated carbocycles. The number of aromatic nitrogens is 1. The Hall–Kier alpha value is -2.12. The zero-order chi connectivity index (χ0) is 24.1. The minimum atomic E-state index is -0.451. The van der Waals surface area contributed by atoms with E-state index in [9.17, 15) is 4.79 Å². The number of rotatable bonds is 7. The van der Waals surface area contributed by atoms with Gasteiger partial charge in [0.1, 0.15) is 5.60 Å². The second-order valence-corrected chi connectivity index (χ2v) is 10.6. The van der Waals surface area contributed by atoms with Crippen molar-refractivity contribution in [3.63, 3.8) is 0 Å². The van der Waals surface area contributed by atoms with Gasteiger partial charge < -0.3 is 23.6 Å². The fourth-order valence-electron chi connectivity index (χ4n) is 4.91. The summed E-state index contributed by atoms with van der Waals surface area (Å²) in [7, 11) is 0. The van der Waals surface area contributed by atoms with Crippen LogP contribution in [-0.4, -0.2) is 47.7 Å². The highest BCUT2D eigenvalue weighted by Crippen LogP contribution is 2.30. The molecule has 0 aliphatic carbocycles. The third kappa shape index (κ3) is 6.30. The fourth-order valence-corrected chi connectivity index (χ4v) is 4.91. The molecule has 7 heteroatoms. The molecular formula is C27H40N2O5. The largest absolute Gasteiger partial charge is 0.444 e. The standard InChI is InChI=1S/C27H40N2O5/c1-5-20-10-11-21-23(28-34-25(21)22(20)18-32-24-8-6-7-17-31-24)12-9-19-13-15-29(16-14-19)26(30)33-27(2,3)4/h10-11,19,24H,5-9,12-18H2,1-4H3. The number of carbonyl (C=O) groups excluding carboxylic acids is 1. The summed E-state index contributed by atoms with van der Waals surface area (Å²) < 4.78 is 23.2. The van der Waals surface area contributed by atoms with Crippen molar-refractivity contribution >= 4 is 17.1 Å². The summed E-state index contributed by atoms with van der Waals surface area (Å²) in [5.74, 6) is 0.576. The van der Waals surface area contributed by atoms with Crippen LogP contribution in [0.2, 0.25) is 0 Å². The van der Waals surface area contributed by atoms with Gasteiger partial charge in [-0.05, 0) is 89.7 Å². The lowest BCUT2D eigenvalue weighted by atomic mass is 9.91. The number of likely N-dealkylation sites (tertiary alicyclic amines) is 1. The Morgan fingerprint density at radius 1 is 1.18 bits per heavy atom. The van der Waals surface area contributed by atoms with E-state index in [2.05, 4.69) is 24.2 Å². The number of aryl methyl sites for hydroxylation is 2. The van der Waals surface area contributed by atoms with Crippen molar-refractivity contribution in [2.24, 2.45) is 5.92 Å². The topological polar surface area (TPSA) is 74.0 Å². The Morgan fingerprint density at radius 3 is 2.65 bits per heavy atom. The van der Waals surface area contributed by atoms with Crippen LogP contribution in [0.1, 0.15) is 83.0 Å². The van der Waals surface area contributed by atoms with Gasteiger partial charge in [-0.1, -0.05) is 18.1 Å². The van der Waals surface area contributed by atoms with Crippen LogP contribution in [0, 0.1) is 5.92 Å². The summed E-state index contributed by atoms with van der Waals surface area (Å²) in [5.41, 5.74) is 3.75. The maximum atomic E-state index is 12.3. The molecule has 2 saturated heterocycles. The highest BCUT2D eigenvalue weighted by molar-refractivity contribution is 5.83. The second-order valence-electron chi connectivity index (χ2n) is 10.6. The van der Waals surface area contributed by atoms with Gasteiger partial charge in [-0.3, -0.25) is 0 Å². The number of piperidine rings is 1. The van der Waals surface area contributed by atoms with Crippen molar-refractivity contribution in [3.8, 4) is 0 Å². The molecular weight excluding hydrogens is 432 g/mol. The van der Waals surface area contributed by atoms with E-state index in [-0.39, 0.29) is 12.4 Å². The Labute approximate surface area is 203 Å². The van der Waals surface area contributed by atoms with Crippen LogP contribution >= 0.6 is 0 Å². The van der Waals surface area contributed by atoms with E-state index in [0.717, 1.165) is 93.3 Å². The number of ether oxygens (including phenoxy) is 3. The van der Waals surface area contributed by atoms with Crippen LogP contribution in [0.4, 0.5) is 4.79 Å². The molecule has 0 spiro atoms. The van der Waals surface area contributed by atoms with Crippen molar-refractivity contribution in [3.05, 3.63) is 29.0 Å². The van der Waals surface area contributed by atoms with Crippen LogP contribution in [0.15, 0.2) is 16.7 Å². The second kappa shape index (κ2) is 11.1. The summed E-state index contributed by atoms with van der Waals surface area (Å²) in [6.45, 7) is 10.7. The van der Waals surface area contributed by atoms with Crippen molar-refractivity contribution in [1.82, 2.24) is 10.1 Å². The summed E-state index contributed by atoms with van der Waals surface area (Å²) in [6.07, 6.45) is 7.72. The number of amides is 1. The Bertz CT molecular complexity index is 950. The predicted molar refractivity (Wildman–Crippen MR) is 131 cm³/mol. The summed E-state index contributed by atoms with van der Waals surface area (Å²) in [5, 5.41) is 5.54. The van der Waals surface area contributed by atoms with Crippen molar-refractivity contribution in [1.29, 1.82) is 0 Å². The molecule has 1 atom stereocenters. The number of benzene rings is 1. The lowest BCUT2D eigenvalue weighted by Gasteiger charge is -2.33. The van der Waals surface area contributed by atoms with Gasteiger partial charge in [0.2, 0.25) is 0 Å². The summed E-state index contributed by atoms with van der Waals surface area (Å²) >= 11 is 0. The third-order valence-corrected chi connectivity index (χ3v) is 6.90. The summed E-state index contributed by atoms with van der Waals surface area (Å²) in [6, 6.07) is 4.33. The van der Waals surface area contributed by atoms with Gasteiger partial charge in [0.25, 0.3) is 0 Å². The minimum absolute atomic E-state index is 0.123. The average Bonchev–Trinajstić information content (AvgIpc) is 3.24. The lowest BCUT2D eigenvalue weighted by Crippen LogP contribution is -2.41. The van der Waals surface area contributed by atoms with Crippen LogP contribution in [-0.2, 0) is 33.7 Å². The Morgan fingerprint density at radius 2 is 1.97 bits per heavy atom. The number of carbonyl (C=O) groups is 1. The molecule has 1 aromatic carbocycles. The van der Waals surface area contributed by atoms with Crippen LogP contribution < -0.4 is 0 Å². The smallest absolute Gasteiger partial charge is 0.410 e. The van der Waals surface area contributed by atoms with Gasteiger partial charge in [-0.25, -0.2) is 4.79 Å². The first-order valence-electron chi connectivity index (χ1n) is 12.9. The van der Waals surface area contributed by atoms with E-state index in [1.807, 2.05) is 25.7 Å². The zero-order valence-electron chi connectivity index (χ0n) is 21.2.